The summed E-state index contributed by atoms with van der Waals surface area (Å²) in [5.41, 5.74) is 2.89. The van der Waals surface area contributed by atoms with Gasteiger partial charge in [0.05, 0.1) is 5.69 Å². The molecular weight excluding hydrogens is 328 g/mol. The number of aromatic carboxylic acids is 1. The number of benzene rings is 1. The lowest BCUT2D eigenvalue weighted by atomic mass is 10.0. The standard InChI is InChI=1S/C20H22N4O2/c25-20(26)17-11-22-19-16(8-9-21-19)18(17)23-15-7-4-10-24(13-15)12-14-5-2-1-3-6-14/h1-3,5-6,8-9,11,15H,4,7,10,12-13H2,(H,25,26)(H2,21,22,23). The molecular formula is C20H22N4O2. The number of carboxylic acid groups (broad SMARTS) is 1. The Morgan fingerprint density at radius 1 is 1.31 bits per heavy atom. The minimum absolute atomic E-state index is 0.214. The van der Waals surface area contributed by atoms with Gasteiger partial charge in [0, 0.05) is 36.9 Å². The molecule has 3 aromatic rings. The first-order valence-corrected chi connectivity index (χ1v) is 8.93. The number of fused-ring (bicyclic) bond motifs is 1. The first-order valence-electron chi connectivity index (χ1n) is 8.93. The van der Waals surface area contributed by atoms with Crippen LogP contribution in [0.1, 0.15) is 28.8 Å². The lowest BCUT2D eigenvalue weighted by Crippen LogP contribution is -2.41. The molecule has 0 bridgehead atoms. The summed E-state index contributed by atoms with van der Waals surface area (Å²) in [6, 6.07) is 12.5. The van der Waals surface area contributed by atoms with Crippen molar-refractivity contribution >= 4 is 22.7 Å². The SMILES string of the molecule is O=C(O)c1cnc2[nH]ccc2c1NC1CCCN(Cc2ccccc2)C1. The highest BCUT2D eigenvalue weighted by Crippen LogP contribution is 2.28. The molecule has 3 heterocycles. The van der Waals surface area contributed by atoms with Crippen molar-refractivity contribution in [3.05, 3.63) is 59.9 Å². The third kappa shape index (κ3) is 3.41. The Labute approximate surface area is 151 Å². The summed E-state index contributed by atoms with van der Waals surface area (Å²) >= 11 is 0. The van der Waals surface area contributed by atoms with Gasteiger partial charge < -0.3 is 15.4 Å². The maximum Gasteiger partial charge on any atom is 0.339 e. The molecule has 6 nitrogen and oxygen atoms in total. The molecule has 1 aliphatic heterocycles. The van der Waals surface area contributed by atoms with Crippen molar-refractivity contribution in [3.63, 3.8) is 0 Å². The van der Waals surface area contributed by atoms with Gasteiger partial charge in [-0.1, -0.05) is 30.3 Å². The third-order valence-corrected chi connectivity index (χ3v) is 4.92. The van der Waals surface area contributed by atoms with Gasteiger partial charge in [0.15, 0.2) is 0 Å². The number of rotatable bonds is 5. The molecule has 1 atom stereocenters. The molecule has 1 saturated heterocycles. The lowest BCUT2D eigenvalue weighted by Gasteiger charge is -2.34. The van der Waals surface area contributed by atoms with Crippen LogP contribution in [0.4, 0.5) is 5.69 Å². The van der Waals surface area contributed by atoms with Gasteiger partial charge in [-0.3, -0.25) is 4.90 Å². The van der Waals surface area contributed by atoms with Crippen LogP contribution in [0.25, 0.3) is 11.0 Å². The highest BCUT2D eigenvalue weighted by molar-refractivity contribution is 6.03. The normalized spacial score (nSPS) is 18.1. The zero-order chi connectivity index (χ0) is 17.9. The van der Waals surface area contributed by atoms with Gasteiger partial charge in [-0.05, 0) is 31.0 Å². The quantitative estimate of drug-likeness (QED) is 0.657. The zero-order valence-electron chi connectivity index (χ0n) is 14.5. The number of nitrogens with one attached hydrogen (secondary N) is 2. The second-order valence-electron chi connectivity index (χ2n) is 6.80. The van der Waals surface area contributed by atoms with Crippen molar-refractivity contribution in [3.8, 4) is 0 Å². The summed E-state index contributed by atoms with van der Waals surface area (Å²) < 4.78 is 0. The Morgan fingerprint density at radius 2 is 2.15 bits per heavy atom. The molecule has 0 aliphatic carbocycles. The molecule has 0 saturated carbocycles. The molecule has 0 amide bonds. The average Bonchev–Trinajstić information content (AvgIpc) is 3.12. The van der Waals surface area contributed by atoms with E-state index in [9.17, 15) is 9.90 Å². The first-order chi connectivity index (χ1) is 12.7. The van der Waals surface area contributed by atoms with E-state index in [-0.39, 0.29) is 11.6 Å². The van der Waals surface area contributed by atoms with Crippen LogP contribution in [0, 0.1) is 0 Å². The smallest absolute Gasteiger partial charge is 0.339 e. The number of hydrogen-bond donors (Lipinski definition) is 3. The summed E-state index contributed by atoms with van der Waals surface area (Å²) in [6.45, 7) is 2.87. The zero-order valence-corrected chi connectivity index (χ0v) is 14.5. The highest BCUT2D eigenvalue weighted by atomic mass is 16.4. The molecule has 1 aromatic carbocycles. The van der Waals surface area contributed by atoms with Gasteiger partial charge in [0.2, 0.25) is 0 Å². The lowest BCUT2D eigenvalue weighted by molar-refractivity contribution is 0.0697. The van der Waals surface area contributed by atoms with E-state index in [0.29, 0.717) is 11.3 Å². The van der Waals surface area contributed by atoms with Gasteiger partial charge >= 0.3 is 5.97 Å². The van der Waals surface area contributed by atoms with Gasteiger partial charge in [-0.25, -0.2) is 9.78 Å². The van der Waals surface area contributed by atoms with E-state index in [1.54, 1.807) is 6.20 Å². The first kappa shape index (κ1) is 16.6. The maximum absolute atomic E-state index is 11.6. The number of nitrogens with zero attached hydrogens (tertiary/aromatic N) is 2. The summed E-state index contributed by atoms with van der Waals surface area (Å²) in [7, 11) is 0. The molecule has 1 unspecified atom stereocenters. The Hall–Kier alpha value is -2.86. The second kappa shape index (κ2) is 7.17. The average molecular weight is 350 g/mol. The maximum atomic E-state index is 11.6. The molecule has 4 rings (SSSR count). The number of aromatic nitrogens is 2. The number of hydrogen-bond acceptors (Lipinski definition) is 4. The minimum atomic E-state index is -0.958. The van der Waals surface area contributed by atoms with Crippen LogP contribution in [-0.2, 0) is 6.54 Å². The fourth-order valence-electron chi connectivity index (χ4n) is 3.69. The Morgan fingerprint density at radius 3 is 2.96 bits per heavy atom. The van der Waals surface area contributed by atoms with Crippen LogP contribution < -0.4 is 5.32 Å². The summed E-state index contributed by atoms with van der Waals surface area (Å²) in [5, 5.41) is 13.9. The van der Waals surface area contributed by atoms with Crippen LogP contribution >= 0.6 is 0 Å². The largest absolute Gasteiger partial charge is 0.478 e. The van der Waals surface area contributed by atoms with Crippen molar-refractivity contribution in [2.75, 3.05) is 18.4 Å². The minimum Gasteiger partial charge on any atom is -0.478 e. The molecule has 26 heavy (non-hydrogen) atoms. The van der Waals surface area contributed by atoms with Gasteiger partial charge in [-0.15, -0.1) is 0 Å². The summed E-state index contributed by atoms with van der Waals surface area (Å²) in [5.74, 6) is -0.958. The molecule has 1 aliphatic rings. The van der Waals surface area contributed by atoms with E-state index < -0.39 is 5.97 Å². The second-order valence-corrected chi connectivity index (χ2v) is 6.80. The number of H-pyrrole nitrogens is 1. The fourth-order valence-corrected chi connectivity index (χ4v) is 3.69. The van der Waals surface area contributed by atoms with Gasteiger partial charge in [0.1, 0.15) is 11.2 Å². The fraction of sp³-hybridized carbons (Fsp3) is 0.300. The predicted octanol–water partition coefficient (Wildman–Crippen LogP) is 3.34. The van der Waals surface area contributed by atoms with Crippen LogP contribution in [0.2, 0.25) is 0 Å². The van der Waals surface area contributed by atoms with Crippen LogP contribution in [0.5, 0.6) is 0 Å². The number of piperidine rings is 1. The highest BCUT2D eigenvalue weighted by Gasteiger charge is 2.23. The summed E-state index contributed by atoms with van der Waals surface area (Å²) in [6.07, 6.45) is 5.33. The number of anilines is 1. The molecule has 0 spiro atoms. The number of pyridine rings is 1. The van der Waals surface area contributed by atoms with E-state index in [0.717, 1.165) is 37.9 Å². The van der Waals surface area contributed by atoms with E-state index in [4.69, 9.17) is 0 Å². The molecule has 1 fully saturated rings. The van der Waals surface area contributed by atoms with Gasteiger partial charge in [-0.2, -0.15) is 0 Å². The Kier molecular flexibility index (Phi) is 4.58. The van der Waals surface area contributed by atoms with Crippen molar-refractivity contribution in [1.29, 1.82) is 0 Å². The van der Waals surface area contributed by atoms with Crippen LogP contribution in [-0.4, -0.2) is 45.1 Å². The monoisotopic (exact) mass is 350 g/mol. The third-order valence-electron chi connectivity index (χ3n) is 4.92. The summed E-state index contributed by atoms with van der Waals surface area (Å²) in [4.78, 5) is 21.3. The number of likely N-dealkylation sites (tertiary alicyclic amines) is 1. The van der Waals surface area contributed by atoms with Crippen molar-refractivity contribution in [2.45, 2.75) is 25.4 Å². The van der Waals surface area contributed by atoms with Gasteiger partial charge in [0.25, 0.3) is 0 Å². The molecule has 134 valence electrons. The van der Waals surface area contributed by atoms with Crippen LogP contribution in [0.15, 0.2) is 48.8 Å². The van der Waals surface area contributed by atoms with Crippen molar-refractivity contribution in [2.24, 2.45) is 0 Å². The van der Waals surface area contributed by atoms with Crippen molar-refractivity contribution < 1.29 is 9.90 Å². The van der Waals surface area contributed by atoms with Crippen molar-refractivity contribution in [1.82, 2.24) is 14.9 Å². The van der Waals surface area contributed by atoms with E-state index >= 15 is 0 Å². The predicted molar refractivity (Wildman–Crippen MR) is 101 cm³/mol. The number of carboxylic acids is 1. The van der Waals surface area contributed by atoms with E-state index in [1.165, 1.54) is 11.8 Å². The molecule has 0 radical (unpaired) electrons. The van der Waals surface area contributed by atoms with E-state index in [1.807, 2.05) is 12.1 Å². The Bertz CT molecular complexity index is 907. The Balaban J connectivity index is 1.53. The van der Waals surface area contributed by atoms with Crippen LogP contribution in [0.3, 0.4) is 0 Å². The van der Waals surface area contributed by atoms with E-state index in [2.05, 4.69) is 44.5 Å². The molecule has 3 N–H and O–H groups in total. The topological polar surface area (TPSA) is 81.2 Å². The molecule has 6 heteroatoms. The molecule has 2 aromatic heterocycles. The number of carbonyl (C=O) groups is 1. The number of aromatic amines is 1.